The van der Waals surface area contributed by atoms with Crippen LogP contribution in [0.5, 0.6) is 0 Å². The number of nitrogens with one attached hydrogen (secondary N) is 1. The van der Waals surface area contributed by atoms with E-state index in [1.54, 1.807) is 0 Å². The zero-order chi connectivity index (χ0) is 8.55. The Hall–Kier alpha value is -0.120. The van der Waals surface area contributed by atoms with E-state index in [0.717, 1.165) is 26.1 Å². The summed E-state index contributed by atoms with van der Waals surface area (Å²) in [7, 11) is 0. The second kappa shape index (κ2) is 3.32. The van der Waals surface area contributed by atoms with E-state index in [9.17, 15) is 5.11 Å². The fourth-order valence-electron chi connectivity index (χ4n) is 2.41. The average molecular weight is 170 g/mol. The minimum Gasteiger partial charge on any atom is -0.392 e. The summed E-state index contributed by atoms with van der Waals surface area (Å²) in [5, 5.41) is 12.8. The Kier molecular flexibility index (Phi) is 2.35. The molecule has 2 aliphatic heterocycles. The van der Waals surface area contributed by atoms with E-state index < -0.39 is 0 Å². The molecule has 2 heterocycles. The lowest BCUT2D eigenvalue weighted by Gasteiger charge is -2.26. The fraction of sp³-hybridized carbons (Fsp3) is 1.00. The number of hydrogen-bond acceptors (Lipinski definition) is 3. The highest BCUT2D eigenvalue weighted by Crippen LogP contribution is 2.20. The highest BCUT2D eigenvalue weighted by Gasteiger charge is 2.32. The summed E-state index contributed by atoms with van der Waals surface area (Å²) in [6.07, 6.45) is 2.13. The Morgan fingerprint density at radius 1 is 1.42 bits per heavy atom. The minimum absolute atomic E-state index is 0.0715. The van der Waals surface area contributed by atoms with E-state index in [0.29, 0.717) is 12.1 Å². The van der Waals surface area contributed by atoms with Crippen molar-refractivity contribution in [3.63, 3.8) is 0 Å². The van der Waals surface area contributed by atoms with Gasteiger partial charge in [-0.05, 0) is 26.3 Å². The van der Waals surface area contributed by atoms with E-state index in [1.165, 1.54) is 6.42 Å². The fourth-order valence-corrected chi connectivity index (χ4v) is 2.41. The van der Waals surface area contributed by atoms with Crippen LogP contribution in [0.25, 0.3) is 0 Å². The van der Waals surface area contributed by atoms with Gasteiger partial charge in [-0.2, -0.15) is 0 Å². The van der Waals surface area contributed by atoms with Gasteiger partial charge in [0.05, 0.1) is 6.10 Å². The lowest BCUT2D eigenvalue weighted by Crippen LogP contribution is -2.41. The molecule has 2 N–H and O–H groups in total. The van der Waals surface area contributed by atoms with Crippen LogP contribution in [0.1, 0.15) is 19.8 Å². The predicted octanol–water partition coefficient (Wildman–Crippen LogP) is -0.197. The van der Waals surface area contributed by atoms with Crippen molar-refractivity contribution in [1.82, 2.24) is 10.2 Å². The summed E-state index contributed by atoms with van der Waals surface area (Å²) in [4.78, 5) is 2.43. The molecule has 3 unspecified atom stereocenters. The summed E-state index contributed by atoms with van der Waals surface area (Å²) < 4.78 is 0. The molecule has 0 spiro atoms. The Morgan fingerprint density at radius 2 is 2.25 bits per heavy atom. The van der Waals surface area contributed by atoms with Crippen molar-refractivity contribution < 1.29 is 5.11 Å². The number of rotatable bonds is 1. The molecule has 0 aromatic heterocycles. The van der Waals surface area contributed by atoms with Crippen LogP contribution in [0.3, 0.4) is 0 Å². The van der Waals surface area contributed by atoms with Gasteiger partial charge in [-0.25, -0.2) is 0 Å². The molecule has 0 amide bonds. The van der Waals surface area contributed by atoms with Gasteiger partial charge in [0.25, 0.3) is 0 Å². The maximum Gasteiger partial charge on any atom is 0.0679 e. The number of nitrogens with zero attached hydrogens (tertiary/aromatic N) is 1. The van der Waals surface area contributed by atoms with E-state index in [4.69, 9.17) is 0 Å². The van der Waals surface area contributed by atoms with Gasteiger partial charge in [-0.3, -0.25) is 4.90 Å². The molecule has 3 heteroatoms. The third-order valence-corrected chi connectivity index (χ3v) is 3.15. The molecule has 2 saturated heterocycles. The van der Waals surface area contributed by atoms with Gasteiger partial charge in [0, 0.05) is 25.2 Å². The minimum atomic E-state index is -0.0715. The Balaban J connectivity index is 1.91. The van der Waals surface area contributed by atoms with E-state index in [-0.39, 0.29) is 6.10 Å². The Bertz CT molecular complexity index is 163. The summed E-state index contributed by atoms with van der Waals surface area (Å²) >= 11 is 0. The lowest BCUT2D eigenvalue weighted by molar-refractivity contribution is 0.155. The topological polar surface area (TPSA) is 35.5 Å². The molecule has 0 aliphatic carbocycles. The van der Waals surface area contributed by atoms with Gasteiger partial charge >= 0.3 is 0 Å². The van der Waals surface area contributed by atoms with Gasteiger partial charge in [0.1, 0.15) is 0 Å². The number of β-amino-alcohol motifs (C(OH)–C–C–N with tert-alkyl or cyclic N) is 1. The average Bonchev–Trinajstić information content (AvgIpc) is 2.58. The van der Waals surface area contributed by atoms with Crippen molar-refractivity contribution in [1.29, 1.82) is 0 Å². The van der Waals surface area contributed by atoms with E-state index in [1.807, 2.05) is 0 Å². The molecule has 70 valence electrons. The second-order valence-corrected chi connectivity index (χ2v) is 4.04. The molecule has 0 aromatic rings. The first kappa shape index (κ1) is 8.48. The normalized spacial score (nSPS) is 44.0. The van der Waals surface area contributed by atoms with Crippen LogP contribution in [-0.4, -0.2) is 47.8 Å². The number of aliphatic hydroxyl groups excluding tert-OH is 1. The molecule has 2 rings (SSSR count). The van der Waals surface area contributed by atoms with Crippen LogP contribution in [-0.2, 0) is 0 Å². The van der Waals surface area contributed by atoms with Crippen molar-refractivity contribution in [2.45, 2.75) is 38.0 Å². The maximum absolute atomic E-state index is 9.38. The van der Waals surface area contributed by atoms with Gasteiger partial charge in [-0.15, -0.1) is 0 Å². The zero-order valence-corrected chi connectivity index (χ0v) is 7.66. The molecule has 12 heavy (non-hydrogen) atoms. The van der Waals surface area contributed by atoms with E-state index >= 15 is 0 Å². The van der Waals surface area contributed by atoms with Crippen LogP contribution < -0.4 is 5.32 Å². The monoisotopic (exact) mass is 170 g/mol. The third kappa shape index (κ3) is 1.49. The first-order chi connectivity index (χ1) is 5.77. The third-order valence-electron chi connectivity index (χ3n) is 3.15. The SMILES string of the molecule is CC1NCCC1N1CCC(O)C1. The Labute approximate surface area is 73.8 Å². The molecule has 2 aliphatic rings. The summed E-state index contributed by atoms with van der Waals surface area (Å²) in [6, 6.07) is 1.28. The van der Waals surface area contributed by atoms with Crippen molar-refractivity contribution in [2.75, 3.05) is 19.6 Å². The second-order valence-electron chi connectivity index (χ2n) is 4.04. The first-order valence-electron chi connectivity index (χ1n) is 4.93. The molecule has 0 aromatic carbocycles. The van der Waals surface area contributed by atoms with Crippen LogP contribution in [0.15, 0.2) is 0 Å². The van der Waals surface area contributed by atoms with Gasteiger partial charge in [0.2, 0.25) is 0 Å². The van der Waals surface area contributed by atoms with Crippen LogP contribution in [0.2, 0.25) is 0 Å². The van der Waals surface area contributed by atoms with Gasteiger partial charge in [0.15, 0.2) is 0 Å². The van der Waals surface area contributed by atoms with Crippen LogP contribution in [0, 0.1) is 0 Å². The summed E-state index contributed by atoms with van der Waals surface area (Å²) in [5.74, 6) is 0. The summed E-state index contributed by atoms with van der Waals surface area (Å²) in [6.45, 7) is 5.34. The van der Waals surface area contributed by atoms with Crippen LogP contribution >= 0.6 is 0 Å². The maximum atomic E-state index is 9.38. The van der Waals surface area contributed by atoms with Gasteiger partial charge < -0.3 is 10.4 Å². The standard InChI is InChI=1S/C9H18N2O/c1-7-9(2-4-10-7)11-5-3-8(12)6-11/h7-10,12H,2-6H2,1H3. The number of aliphatic hydroxyl groups is 1. The smallest absolute Gasteiger partial charge is 0.0679 e. The highest BCUT2D eigenvalue weighted by atomic mass is 16.3. The molecule has 2 fully saturated rings. The lowest BCUT2D eigenvalue weighted by atomic mass is 10.1. The van der Waals surface area contributed by atoms with Gasteiger partial charge in [-0.1, -0.05) is 0 Å². The molecule has 0 bridgehead atoms. The van der Waals surface area contributed by atoms with E-state index in [2.05, 4.69) is 17.1 Å². The van der Waals surface area contributed by atoms with Crippen LogP contribution in [0.4, 0.5) is 0 Å². The largest absolute Gasteiger partial charge is 0.392 e. The first-order valence-corrected chi connectivity index (χ1v) is 4.93. The van der Waals surface area contributed by atoms with Crippen molar-refractivity contribution >= 4 is 0 Å². The zero-order valence-electron chi connectivity index (χ0n) is 7.66. The molecule has 3 atom stereocenters. The number of hydrogen-bond donors (Lipinski definition) is 2. The predicted molar refractivity (Wildman–Crippen MR) is 48.1 cm³/mol. The number of likely N-dealkylation sites (tertiary alicyclic amines) is 1. The van der Waals surface area contributed by atoms with Crippen molar-refractivity contribution in [2.24, 2.45) is 0 Å². The molecule has 0 saturated carbocycles. The molecule has 0 radical (unpaired) electrons. The molecular weight excluding hydrogens is 152 g/mol. The molecular formula is C9H18N2O. The quantitative estimate of drug-likeness (QED) is 0.572. The van der Waals surface area contributed by atoms with Crippen molar-refractivity contribution in [3.8, 4) is 0 Å². The highest BCUT2D eigenvalue weighted by molar-refractivity contribution is 4.91. The summed E-state index contributed by atoms with van der Waals surface area (Å²) in [5.41, 5.74) is 0. The molecule has 3 nitrogen and oxygen atoms in total. The Morgan fingerprint density at radius 3 is 2.75 bits per heavy atom. The van der Waals surface area contributed by atoms with Crippen molar-refractivity contribution in [3.05, 3.63) is 0 Å².